The van der Waals surface area contributed by atoms with E-state index in [4.69, 9.17) is 0 Å². The number of urea groups is 1. The van der Waals surface area contributed by atoms with E-state index < -0.39 is 0 Å². The summed E-state index contributed by atoms with van der Waals surface area (Å²) < 4.78 is 0. The van der Waals surface area contributed by atoms with Crippen LogP contribution in [0, 0.1) is 0 Å². The van der Waals surface area contributed by atoms with Gasteiger partial charge in [-0.05, 0) is 38.5 Å². The van der Waals surface area contributed by atoms with Gasteiger partial charge in [-0.3, -0.25) is 4.79 Å². The van der Waals surface area contributed by atoms with E-state index >= 15 is 0 Å². The SMILES string of the molecule is CCN(CC)C(=O)Nc1ccc([C@@H](C)NC(C)=O)cc1. The molecule has 0 unspecified atom stereocenters. The molecule has 1 rings (SSSR count). The van der Waals surface area contributed by atoms with Gasteiger partial charge < -0.3 is 15.5 Å². The Bertz CT molecular complexity index is 453. The molecule has 0 aromatic heterocycles. The van der Waals surface area contributed by atoms with Crippen LogP contribution in [0.3, 0.4) is 0 Å². The molecular weight excluding hydrogens is 254 g/mol. The van der Waals surface area contributed by atoms with Crippen molar-refractivity contribution < 1.29 is 9.59 Å². The number of anilines is 1. The summed E-state index contributed by atoms with van der Waals surface area (Å²) in [6.45, 7) is 8.67. The molecule has 5 heteroatoms. The second kappa shape index (κ2) is 7.53. The fourth-order valence-corrected chi connectivity index (χ4v) is 1.96. The van der Waals surface area contributed by atoms with E-state index in [0.29, 0.717) is 13.1 Å². The zero-order valence-electron chi connectivity index (χ0n) is 12.6. The Labute approximate surface area is 120 Å². The first-order chi connectivity index (χ1) is 9.47. The third-order valence-corrected chi connectivity index (χ3v) is 3.13. The summed E-state index contributed by atoms with van der Waals surface area (Å²) in [5, 5.41) is 5.67. The van der Waals surface area contributed by atoms with Gasteiger partial charge in [0.2, 0.25) is 5.91 Å². The van der Waals surface area contributed by atoms with Gasteiger partial charge in [0.1, 0.15) is 0 Å². The van der Waals surface area contributed by atoms with Crippen molar-refractivity contribution in [2.45, 2.75) is 33.7 Å². The van der Waals surface area contributed by atoms with Crippen LogP contribution < -0.4 is 10.6 Å². The maximum atomic E-state index is 11.9. The molecule has 0 fully saturated rings. The number of carbonyl (C=O) groups excluding carboxylic acids is 2. The van der Waals surface area contributed by atoms with Crippen LogP contribution in [-0.4, -0.2) is 29.9 Å². The van der Waals surface area contributed by atoms with Crippen molar-refractivity contribution >= 4 is 17.6 Å². The topological polar surface area (TPSA) is 61.4 Å². The molecule has 0 heterocycles. The standard InChI is InChI=1S/C15H23N3O2/c1-5-18(6-2)15(20)17-14-9-7-13(8-10-14)11(3)16-12(4)19/h7-11H,5-6H2,1-4H3,(H,16,19)(H,17,20)/t11-/m1/s1. The van der Waals surface area contributed by atoms with Gasteiger partial charge in [0.05, 0.1) is 6.04 Å². The predicted octanol–water partition coefficient (Wildman–Crippen LogP) is 2.76. The molecule has 1 aromatic rings. The summed E-state index contributed by atoms with van der Waals surface area (Å²) in [6.07, 6.45) is 0. The lowest BCUT2D eigenvalue weighted by Crippen LogP contribution is -2.34. The molecule has 1 atom stereocenters. The van der Waals surface area contributed by atoms with E-state index in [1.54, 1.807) is 4.90 Å². The lowest BCUT2D eigenvalue weighted by molar-refractivity contribution is -0.119. The van der Waals surface area contributed by atoms with E-state index in [2.05, 4.69) is 10.6 Å². The first kappa shape index (κ1) is 16.0. The number of rotatable bonds is 5. The molecule has 0 aliphatic heterocycles. The molecule has 20 heavy (non-hydrogen) atoms. The van der Waals surface area contributed by atoms with E-state index in [1.807, 2.05) is 45.0 Å². The fraction of sp³-hybridized carbons (Fsp3) is 0.467. The molecule has 0 spiro atoms. The molecule has 0 radical (unpaired) electrons. The summed E-state index contributed by atoms with van der Waals surface area (Å²) in [4.78, 5) is 24.6. The molecule has 5 nitrogen and oxygen atoms in total. The highest BCUT2D eigenvalue weighted by molar-refractivity contribution is 5.89. The molecule has 0 saturated carbocycles. The lowest BCUT2D eigenvalue weighted by atomic mass is 10.1. The highest BCUT2D eigenvalue weighted by Gasteiger charge is 2.10. The first-order valence-electron chi connectivity index (χ1n) is 6.90. The maximum absolute atomic E-state index is 11.9. The van der Waals surface area contributed by atoms with Crippen molar-refractivity contribution in [3.8, 4) is 0 Å². The molecule has 3 amide bonds. The largest absolute Gasteiger partial charge is 0.350 e. The Hall–Kier alpha value is -2.04. The van der Waals surface area contributed by atoms with Crippen molar-refractivity contribution in [2.24, 2.45) is 0 Å². The van der Waals surface area contributed by atoms with E-state index in [-0.39, 0.29) is 18.0 Å². The fourth-order valence-electron chi connectivity index (χ4n) is 1.96. The van der Waals surface area contributed by atoms with Crippen LogP contribution in [0.25, 0.3) is 0 Å². The van der Waals surface area contributed by atoms with Crippen molar-refractivity contribution in [2.75, 3.05) is 18.4 Å². The Morgan fingerprint density at radius 2 is 1.70 bits per heavy atom. The molecule has 1 aromatic carbocycles. The van der Waals surface area contributed by atoms with Crippen molar-refractivity contribution in [3.63, 3.8) is 0 Å². The number of carbonyl (C=O) groups is 2. The minimum atomic E-state index is -0.0994. The average molecular weight is 277 g/mol. The van der Waals surface area contributed by atoms with Crippen LogP contribution in [0.4, 0.5) is 10.5 Å². The van der Waals surface area contributed by atoms with Gasteiger partial charge in [0.25, 0.3) is 0 Å². The first-order valence-corrected chi connectivity index (χ1v) is 6.90. The summed E-state index contributed by atoms with van der Waals surface area (Å²) in [5.74, 6) is -0.0589. The Balaban J connectivity index is 2.67. The number of nitrogens with zero attached hydrogens (tertiary/aromatic N) is 1. The Morgan fingerprint density at radius 3 is 2.15 bits per heavy atom. The van der Waals surface area contributed by atoms with Gasteiger partial charge >= 0.3 is 6.03 Å². The number of nitrogens with one attached hydrogen (secondary N) is 2. The van der Waals surface area contributed by atoms with Gasteiger partial charge in [0, 0.05) is 25.7 Å². The van der Waals surface area contributed by atoms with E-state index in [9.17, 15) is 9.59 Å². The minimum absolute atomic E-state index is 0.0416. The quantitative estimate of drug-likeness (QED) is 0.869. The summed E-state index contributed by atoms with van der Waals surface area (Å²) >= 11 is 0. The highest BCUT2D eigenvalue weighted by atomic mass is 16.2. The van der Waals surface area contributed by atoms with Crippen LogP contribution in [-0.2, 0) is 4.79 Å². The molecule has 0 bridgehead atoms. The number of hydrogen-bond donors (Lipinski definition) is 2. The van der Waals surface area contributed by atoms with Crippen molar-refractivity contribution in [1.82, 2.24) is 10.2 Å². The number of amides is 3. The highest BCUT2D eigenvalue weighted by Crippen LogP contribution is 2.16. The zero-order valence-corrected chi connectivity index (χ0v) is 12.6. The van der Waals surface area contributed by atoms with Crippen LogP contribution in [0.5, 0.6) is 0 Å². The van der Waals surface area contributed by atoms with Gasteiger partial charge in [-0.2, -0.15) is 0 Å². The Morgan fingerprint density at radius 1 is 1.15 bits per heavy atom. The summed E-state index contributed by atoms with van der Waals surface area (Å²) in [7, 11) is 0. The van der Waals surface area contributed by atoms with Gasteiger partial charge in [0.15, 0.2) is 0 Å². The summed E-state index contributed by atoms with van der Waals surface area (Å²) in [5.41, 5.74) is 1.75. The monoisotopic (exact) mass is 277 g/mol. The molecule has 2 N–H and O–H groups in total. The number of benzene rings is 1. The Kier molecular flexibility index (Phi) is 6.03. The smallest absolute Gasteiger partial charge is 0.321 e. The van der Waals surface area contributed by atoms with Crippen LogP contribution in [0.15, 0.2) is 24.3 Å². The van der Waals surface area contributed by atoms with E-state index in [1.165, 1.54) is 6.92 Å². The van der Waals surface area contributed by atoms with Gasteiger partial charge in [-0.1, -0.05) is 12.1 Å². The third kappa shape index (κ3) is 4.57. The number of hydrogen-bond acceptors (Lipinski definition) is 2. The second-order valence-corrected chi connectivity index (χ2v) is 4.65. The molecule has 0 aliphatic rings. The van der Waals surface area contributed by atoms with Crippen molar-refractivity contribution in [1.29, 1.82) is 0 Å². The predicted molar refractivity (Wildman–Crippen MR) is 80.6 cm³/mol. The van der Waals surface area contributed by atoms with Crippen LogP contribution >= 0.6 is 0 Å². The van der Waals surface area contributed by atoms with Crippen LogP contribution in [0.1, 0.15) is 39.3 Å². The van der Waals surface area contributed by atoms with Gasteiger partial charge in [-0.25, -0.2) is 4.79 Å². The second-order valence-electron chi connectivity index (χ2n) is 4.65. The molecule has 110 valence electrons. The third-order valence-electron chi connectivity index (χ3n) is 3.13. The normalized spacial score (nSPS) is 11.6. The molecule has 0 saturated heterocycles. The van der Waals surface area contributed by atoms with Crippen LogP contribution in [0.2, 0.25) is 0 Å². The maximum Gasteiger partial charge on any atom is 0.321 e. The summed E-state index contributed by atoms with van der Waals surface area (Å²) in [6, 6.07) is 7.35. The van der Waals surface area contributed by atoms with Crippen molar-refractivity contribution in [3.05, 3.63) is 29.8 Å². The lowest BCUT2D eigenvalue weighted by Gasteiger charge is -2.19. The van der Waals surface area contributed by atoms with E-state index in [0.717, 1.165) is 11.3 Å². The molecular formula is C15H23N3O2. The average Bonchev–Trinajstić information content (AvgIpc) is 2.40. The van der Waals surface area contributed by atoms with Gasteiger partial charge in [-0.15, -0.1) is 0 Å². The molecule has 0 aliphatic carbocycles. The zero-order chi connectivity index (χ0) is 15.1. The minimum Gasteiger partial charge on any atom is -0.350 e.